The standard InChI is InChI=1S/C12H26O5Si/c1-5-8-13-18(14-9-6-2,15-10-7-3)17-12-11(4)16-12/h11-12H,5-10H2,1-4H3. The summed E-state index contributed by atoms with van der Waals surface area (Å²) in [5.41, 5.74) is 0. The van der Waals surface area contributed by atoms with Crippen LogP contribution in [0.2, 0.25) is 0 Å². The fourth-order valence-electron chi connectivity index (χ4n) is 1.34. The van der Waals surface area contributed by atoms with Gasteiger partial charge < -0.3 is 22.4 Å². The number of rotatable bonds is 11. The van der Waals surface area contributed by atoms with Gasteiger partial charge in [0, 0.05) is 19.8 Å². The molecule has 0 spiro atoms. The van der Waals surface area contributed by atoms with Crippen molar-refractivity contribution in [3.05, 3.63) is 0 Å². The first-order chi connectivity index (χ1) is 8.67. The molecule has 5 nitrogen and oxygen atoms in total. The van der Waals surface area contributed by atoms with Crippen molar-refractivity contribution in [1.29, 1.82) is 0 Å². The molecule has 108 valence electrons. The molecule has 0 aromatic carbocycles. The van der Waals surface area contributed by atoms with Gasteiger partial charge in [-0.1, -0.05) is 20.8 Å². The van der Waals surface area contributed by atoms with Crippen molar-refractivity contribution in [2.75, 3.05) is 19.8 Å². The first kappa shape index (κ1) is 16.1. The van der Waals surface area contributed by atoms with Gasteiger partial charge in [0.2, 0.25) is 0 Å². The quantitative estimate of drug-likeness (QED) is 0.429. The van der Waals surface area contributed by atoms with E-state index in [1.165, 1.54) is 0 Å². The Bertz CT molecular complexity index is 205. The van der Waals surface area contributed by atoms with E-state index in [2.05, 4.69) is 20.8 Å². The summed E-state index contributed by atoms with van der Waals surface area (Å²) in [6.07, 6.45) is 2.60. The molecule has 2 unspecified atom stereocenters. The van der Waals surface area contributed by atoms with Crippen LogP contribution in [0.1, 0.15) is 47.0 Å². The Morgan fingerprint density at radius 3 is 1.56 bits per heavy atom. The van der Waals surface area contributed by atoms with Crippen LogP contribution < -0.4 is 0 Å². The van der Waals surface area contributed by atoms with Crippen molar-refractivity contribution in [2.45, 2.75) is 59.4 Å². The second-order valence-corrected chi connectivity index (χ2v) is 6.47. The zero-order valence-electron chi connectivity index (χ0n) is 11.9. The fourth-order valence-corrected chi connectivity index (χ4v) is 3.69. The molecule has 1 aliphatic heterocycles. The molecule has 1 saturated heterocycles. The Morgan fingerprint density at radius 1 is 0.889 bits per heavy atom. The van der Waals surface area contributed by atoms with Gasteiger partial charge in [-0.2, -0.15) is 0 Å². The van der Waals surface area contributed by atoms with Crippen LogP contribution in [0.25, 0.3) is 0 Å². The number of hydrogen-bond acceptors (Lipinski definition) is 5. The van der Waals surface area contributed by atoms with Gasteiger partial charge >= 0.3 is 9.05 Å². The summed E-state index contributed by atoms with van der Waals surface area (Å²) in [6.45, 7) is 9.87. The van der Waals surface area contributed by atoms with Crippen LogP contribution in [0.4, 0.5) is 0 Å². The lowest BCUT2D eigenvalue weighted by Gasteiger charge is -2.27. The predicted molar refractivity (Wildman–Crippen MR) is 69.9 cm³/mol. The molecule has 0 aromatic heterocycles. The summed E-state index contributed by atoms with van der Waals surface area (Å²) in [7, 11) is -3.03. The Morgan fingerprint density at radius 2 is 1.28 bits per heavy atom. The maximum Gasteiger partial charge on any atom is 0.681 e. The van der Waals surface area contributed by atoms with Crippen molar-refractivity contribution in [3.63, 3.8) is 0 Å². The van der Waals surface area contributed by atoms with E-state index in [1.54, 1.807) is 0 Å². The van der Waals surface area contributed by atoms with E-state index in [4.69, 9.17) is 22.4 Å². The first-order valence-corrected chi connectivity index (χ1v) is 8.55. The summed E-state index contributed by atoms with van der Waals surface area (Å²) in [5.74, 6) is 0. The van der Waals surface area contributed by atoms with E-state index in [0.717, 1.165) is 19.3 Å². The summed E-state index contributed by atoms with van der Waals surface area (Å²) in [4.78, 5) is 0. The van der Waals surface area contributed by atoms with Crippen molar-refractivity contribution in [3.8, 4) is 0 Å². The monoisotopic (exact) mass is 278 g/mol. The molecule has 18 heavy (non-hydrogen) atoms. The SMILES string of the molecule is CCCO[Si](OCCC)(OCCC)OC1OC1C. The van der Waals surface area contributed by atoms with E-state index in [0.29, 0.717) is 19.8 Å². The molecule has 0 radical (unpaired) electrons. The Hall–Kier alpha value is 0.0169. The summed E-state index contributed by atoms with van der Waals surface area (Å²) < 4.78 is 28.4. The smallest absolute Gasteiger partial charge is 0.351 e. The summed E-state index contributed by atoms with van der Waals surface area (Å²) >= 11 is 0. The Kier molecular flexibility index (Phi) is 7.36. The van der Waals surface area contributed by atoms with Crippen molar-refractivity contribution in [1.82, 2.24) is 0 Å². The summed E-state index contributed by atoms with van der Waals surface area (Å²) in [6, 6.07) is 0. The maximum absolute atomic E-state index is 5.82. The van der Waals surface area contributed by atoms with Crippen LogP contribution in [-0.4, -0.2) is 41.3 Å². The molecule has 2 atom stereocenters. The number of ether oxygens (including phenoxy) is 1. The highest BCUT2D eigenvalue weighted by Gasteiger charge is 2.53. The highest BCUT2D eigenvalue weighted by atomic mass is 28.4. The maximum atomic E-state index is 5.82. The van der Waals surface area contributed by atoms with Crippen molar-refractivity contribution >= 4 is 9.05 Å². The van der Waals surface area contributed by atoms with Crippen LogP contribution in [0.15, 0.2) is 0 Å². The molecule has 1 fully saturated rings. The molecule has 0 N–H and O–H groups in total. The van der Waals surface area contributed by atoms with Crippen LogP contribution in [-0.2, 0) is 22.4 Å². The average molecular weight is 278 g/mol. The minimum Gasteiger partial charge on any atom is -0.351 e. The van der Waals surface area contributed by atoms with E-state index < -0.39 is 9.05 Å². The molecule has 1 aliphatic rings. The minimum absolute atomic E-state index is 0.109. The lowest BCUT2D eigenvalue weighted by Crippen LogP contribution is -2.50. The fraction of sp³-hybridized carbons (Fsp3) is 1.00. The van der Waals surface area contributed by atoms with Gasteiger partial charge in [0.25, 0.3) is 0 Å². The molecule has 0 bridgehead atoms. The third-order valence-corrected chi connectivity index (χ3v) is 4.56. The molecule has 0 aromatic rings. The van der Waals surface area contributed by atoms with Gasteiger partial charge in [0.1, 0.15) is 6.10 Å². The Balaban J connectivity index is 2.57. The second kappa shape index (κ2) is 8.24. The number of epoxide rings is 1. The highest BCUT2D eigenvalue weighted by Crippen LogP contribution is 2.28. The molecule has 1 heterocycles. The molecule has 0 amide bonds. The average Bonchev–Trinajstić information content (AvgIpc) is 3.06. The van der Waals surface area contributed by atoms with E-state index in [-0.39, 0.29) is 12.4 Å². The second-order valence-electron chi connectivity index (χ2n) is 4.37. The number of hydrogen-bond donors (Lipinski definition) is 0. The normalized spacial score (nSPS) is 23.3. The Labute approximate surface area is 111 Å². The predicted octanol–water partition coefficient (Wildman–Crippen LogP) is 2.46. The van der Waals surface area contributed by atoms with Crippen molar-refractivity contribution < 1.29 is 22.4 Å². The van der Waals surface area contributed by atoms with Gasteiger partial charge in [-0.25, -0.2) is 0 Å². The molecule has 0 aliphatic carbocycles. The molecule has 0 saturated carbocycles. The van der Waals surface area contributed by atoms with E-state index >= 15 is 0 Å². The van der Waals surface area contributed by atoms with Crippen LogP contribution in [0.3, 0.4) is 0 Å². The van der Waals surface area contributed by atoms with Gasteiger partial charge in [0.15, 0.2) is 6.29 Å². The summed E-state index contributed by atoms with van der Waals surface area (Å²) in [5, 5.41) is 0. The molecule has 6 heteroatoms. The molecular weight excluding hydrogens is 252 g/mol. The zero-order valence-corrected chi connectivity index (χ0v) is 12.9. The molecular formula is C12H26O5Si. The van der Waals surface area contributed by atoms with E-state index in [9.17, 15) is 0 Å². The van der Waals surface area contributed by atoms with Crippen LogP contribution in [0.5, 0.6) is 0 Å². The van der Waals surface area contributed by atoms with Crippen LogP contribution >= 0.6 is 0 Å². The lowest BCUT2D eigenvalue weighted by atomic mass is 10.5. The largest absolute Gasteiger partial charge is 0.681 e. The van der Waals surface area contributed by atoms with Gasteiger partial charge in [-0.15, -0.1) is 0 Å². The van der Waals surface area contributed by atoms with Crippen LogP contribution in [0, 0.1) is 0 Å². The highest BCUT2D eigenvalue weighted by molar-refractivity contribution is 6.53. The van der Waals surface area contributed by atoms with Crippen molar-refractivity contribution in [2.24, 2.45) is 0 Å². The first-order valence-electron chi connectivity index (χ1n) is 6.92. The zero-order chi connectivity index (χ0) is 13.4. The topological polar surface area (TPSA) is 49.5 Å². The van der Waals surface area contributed by atoms with Gasteiger partial charge in [-0.3, -0.25) is 0 Å². The van der Waals surface area contributed by atoms with Gasteiger partial charge in [-0.05, 0) is 26.2 Å². The third-order valence-electron chi connectivity index (χ3n) is 2.36. The lowest BCUT2D eigenvalue weighted by molar-refractivity contribution is -0.0552. The van der Waals surface area contributed by atoms with E-state index in [1.807, 2.05) is 6.92 Å². The minimum atomic E-state index is -3.03. The molecule has 1 rings (SSSR count). The third kappa shape index (κ3) is 5.34. The van der Waals surface area contributed by atoms with Gasteiger partial charge in [0.05, 0.1) is 0 Å².